The van der Waals surface area contributed by atoms with Gasteiger partial charge < -0.3 is 10.1 Å². The third-order valence-electron chi connectivity index (χ3n) is 2.73. The molecule has 0 spiro atoms. The van der Waals surface area contributed by atoms with Crippen molar-refractivity contribution in [2.45, 2.75) is 25.1 Å². The smallest absolute Gasteiger partial charge is 0.371 e. The summed E-state index contributed by atoms with van der Waals surface area (Å²) >= 11 is 0. The summed E-state index contributed by atoms with van der Waals surface area (Å²) in [5.41, 5.74) is 0. The van der Waals surface area contributed by atoms with Crippen LogP contribution in [-0.2, 0) is 4.74 Å². The molecule has 1 atom stereocenters. The molecule has 1 N–H and O–H groups in total. The summed E-state index contributed by atoms with van der Waals surface area (Å²) in [4.78, 5) is 2.14. The van der Waals surface area contributed by atoms with Crippen LogP contribution in [-0.4, -0.2) is 57.0 Å². The van der Waals surface area contributed by atoms with Crippen LogP contribution in [0.2, 0.25) is 0 Å². The zero-order valence-corrected chi connectivity index (χ0v) is 10.7. The van der Waals surface area contributed by atoms with E-state index in [0.717, 1.165) is 25.9 Å². The van der Waals surface area contributed by atoms with Gasteiger partial charge in [-0.2, -0.15) is 13.2 Å². The first kappa shape index (κ1) is 17.0. The predicted octanol–water partition coefficient (Wildman–Crippen LogP) is 1.67. The number of nitrogens with zero attached hydrogens (tertiary/aromatic N) is 1. The van der Waals surface area contributed by atoms with Crippen LogP contribution >= 0.6 is 12.4 Å². The van der Waals surface area contributed by atoms with Gasteiger partial charge >= 0.3 is 6.18 Å². The molecule has 0 saturated carbocycles. The van der Waals surface area contributed by atoms with Crippen molar-refractivity contribution in [3.63, 3.8) is 0 Å². The fourth-order valence-electron chi connectivity index (χ4n) is 1.88. The summed E-state index contributed by atoms with van der Waals surface area (Å²) in [5.74, 6) is 0. The topological polar surface area (TPSA) is 24.5 Å². The zero-order chi connectivity index (χ0) is 12.0. The highest BCUT2D eigenvalue weighted by Crippen LogP contribution is 2.14. The Hall–Kier alpha value is -0.0400. The fourth-order valence-corrected chi connectivity index (χ4v) is 1.88. The zero-order valence-electron chi connectivity index (χ0n) is 9.92. The van der Waals surface area contributed by atoms with Crippen LogP contribution in [0, 0.1) is 0 Å². The number of piperidine rings is 1. The van der Waals surface area contributed by atoms with Crippen molar-refractivity contribution in [1.82, 2.24) is 10.2 Å². The molecule has 17 heavy (non-hydrogen) atoms. The van der Waals surface area contributed by atoms with E-state index < -0.39 is 12.8 Å². The second kappa shape index (κ2) is 8.13. The molecule has 1 heterocycles. The number of hydrogen-bond donors (Lipinski definition) is 1. The van der Waals surface area contributed by atoms with E-state index in [4.69, 9.17) is 0 Å². The van der Waals surface area contributed by atoms with Gasteiger partial charge in [-0.05, 0) is 26.4 Å². The molecule has 1 rings (SSSR count). The Labute approximate surface area is 106 Å². The van der Waals surface area contributed by atoms with Crippen molar-refractivity contribution in [2.24, 2.45) is 0 Å². The van der Waals surface area contributed by atoms with E-state index in [1.807, 2.05) is 7.05 Å². The molecule has 1 unspecified atom stereocenters. The van der Waals surface area contributed by atoms with E-state index in [1.54, 1.807) is 0 Å². The summed E-state index contributed by atoms with van der Waals surface area (Å²) in [6.07, 6.45) is -1.99. The molecule has 7 heteroatoms. The van der Waals surface area contributed by atoms with Gasteiger partial charge in [-0.1, -0.05) is 0 Å². The van der Waals surface area contributed by atoms with Crippen LogP contribution in [0.25, 0.3) is 0 Å². The molecule has 3 nitrogen and oxygen atoms in total. The van der Waals surface area contributed by atoms with Gasteiger partial charge in [-0.15, -0.1) is 12.4 Å². The maximum atomic E-state index is 11.8. The van der Waals surface area contributed by atoms with Crippen LogP contribution < -0.4 is 5.32 Å². The minimum absolute atomic E-state index is 0. The number of alkyl halides is 3. The van der Waals surface area contributed by atoms with E-state index in [0.29, 0.717) is 12.6 Å². The standard InChI is InChI=1S/C10H19F3N2O.ClH/c1-14-9-3-2-4-15(7-9)5-6-16-8-10(11,12)13;/h9,14H,2-8H2,1H3;1H. The number of hydrogen-bond acceptors (Lipinski definition) is 3. The molecule has 0 aromatic rings. The van der Waals surface area contributed by atoms with E-state index in [-0.39, 0.29) is 19.0 Å². The summed E-state index contributed by atoms with van der Waals surface area (Å²) in [7, 11) is 1.91. The summed E-state index contributed by atoms with van der Waals surface area (Å²) < 4.78 is 40.0. The van der Waals surface area contributed by atoms with Gasteiger partial charge in [-0.3, -0.25) is 4.90 Å². The third kappa shape index (κ3) is 7.81. The summed E-state index contributed by atoms with van der Waals surface area (Å²) in [6.45, 7) is 1.43. The lowest BCUT2D eigenvalue weighted by atomic mass is 10.1. The largest absolute Gasteiger partial charge is 0.411 e. The number of rotatable bonds is 5. The molecule has 1 aliphatic rings. The number of ether oxygens (including phenoxy) is 1. The minimum Gasteiger partial charge on any atom is -0.371 e. The Morgan fingerprint density at radius 2 is 2.12 bits per heavy atom. The van der Waals surface area contributed by atoms with Crippen LogP contribution in [0.15, 0.2) is 0 Å². The lowest BCUT2D eigenvalue weighted by Crippen LogP contribution is -2.45. The second-order valence-corrected chi connectivity index (χ2v) is 4.10. The number of likely N-dealkylation sites (N-methyl/N-ethyl adjacent to an activating group) is 1. The first-order chi connectivity index (χ1) is 7.51. The molecule has 1 saturated heterocycles. The Morgan fingerprint density at radius 1 is 1.41 bits per heavy atom. The lowest BCUT2D eigenvalue weighted by Gasteiger charge is -2.32. The van der Waals surface area contributed by atoms with E-state index in [1.165, 1.54) is 0 Å². The van der Waals surface area contributed by atoms with Crippen molar-refractivity contribution in [3.05, 3.63) is 0 Å². The average molecular weight is 277 g/mol. The van der Waals surface area contributed by atoms with Crippen molar-refractivity contribution < 1.29 is 17.9 Å². The first-order valence-corrected chi connectivity index (χ1v) is 5.55. The lowest BCUT2D eigenvalue weighted by molar-refractivity contribution is -0.174. The van der Waals surface area contributed by atoms with Gasteiger partial charge in [-0.25, -0.2) is 0 Å². The van der Waals surface area contributed by atoms with Crippen molar-refractivity contribution in [3.8, 4) is 0 Å². The van der Waals surface area contributed by atoms with Crippen molar-refractivity contribution in [1.29, 1.82) is 0 Å². The van der Waals surface area contributed by atoms with Gasteiger partial charge in [0.05, 0.1) is 6.61 Å². The van der Waals surface area contributed by atoms with Crippen LogP contribution in [0.3, 0.4) is 0 Å². The Morgan fingerprint density at radius 3 is 2.71 bits per heavy atom. The number of nitrogens with one attached hydrogen (secondary N) is 1. The third-order valence-corrected chi connectivity index (χ3v) is 2.73. The molecule has 0 aromatic heterocycles. The molecule has 0 radical (unpaired) electrons. The number of likely N-dealkylation sites (tertiary alicyclic amines) is 1. The first-order valence-electron chi connectivity index (χ1n) is 5.55. The summed E-state index contributed by atoms with van der Waals surface area (Å²) in [6, 6.07) is 0.455. The average Bonchev–Trinajstić information content (AvgIpc) is 2.23. The van der Waals surface area contributed by atoms with Gasteiger partial charge in [0.25, 0.3) is 0 Å². The maximum Gasteiger partial charge on any atom is 0.411 e. The Kier molecular flexibility index (Phi) is 8.11. The SMILES string of the molecule is CNC1CCCN(CCOCC(F)(F)F)C1.Cl. The van der Waals surface area contributed by atoms with Gasteiger partial charge in [0.2, 0.25) is 0 Å². The highest BCUT2D eigenvalue weighted by Gasteiger charge is 2.27. The molecule has 0 bridgehead atoms. The summed E-state index contributed by atoms with van der Waals surface area (Å²) in [5, 5.41) is 3.19. The molecule has 1 fully saturated rings. The molecule has 0 amide bonds. The monoisotopic (exact) mass is 276 g/mol. The highest BCUT2D eigenvalue weighted by atomic mass is 35.5. The van der Waals surface area contributed by atoms with Crippen molar-refractivity contribution >= 4 is 12.4 Å². The molecule has 0 aromatic carbocycles. The Bertz CT molecular complexity index is 204. The fraction of sp³-hybridized carbons (Fsp3) is 1.00. The quantitative estimate of drug-likeness (QED) is 0.773. The van der Waals surface area contributed by atoms with Gasteiger partial charge in [0, 0.05) is 19.1 Å². The van der Waals surface area contributed by atoms with E-state index in [9.17, 15) is 13.2 Å². The van der Waals surface area contributed by atoms with Crippen LogP contribution in [0.4, 0.5) is 13.2 Å². The van der Waals surface area contributed by atoms with E-state index >= 15 is 0 Å². The molecular formula is C10H20ClF3N2O. The minimum atomic E-state index is -4.21. The number of halogens is 4. The molecular weight excluding hydrogens is 257 g/mol. The highest BCUT2D eigenvalue weighted by molar-refractivity contribution is 5.85. The van der Waals surface area contributed by atoms with E-state index in [2.05, 4.69) is 15.0 Å². The second-order valence-electron chi connectivity index (χ2n) is 4.10. The maximum absolute atomic E-state index is 11.8. The molecule has 0 aliphatic carbocycles. The Balaban J connectivity index is 0.00000256. The van der Waals surface area contributed by atoms with Gasteiger partial charge in [0.1, 0.15) is 6.61 Å². The van der Waals surface area contributed by atoms with Gasteiger partial charge in [0.15, 0.2) is 0 Å². The van der Waals surface area contributed by atoms with Crippen LogP contribution in [0.5, 0.6) is 0 Å². The normalized spacial score (nSPS) is 22.2. The van der Waals surface area contributed by atoms with Crippen LogP contribution in [0.1, 0.15) is 12.8 Å². The molecule has 1 aliphatic heterocycles. The van der Waals surface area contributed by atoms with Crippen molar-refractivity contribution in [2.75, 3.05) is 39.9 Å². The molecule has 104 valence electrons. The predicted molar refractivity (Wildman–Crippen MR) is 62.6 cm³/mol.